The van der Waals surface area contributed by atoms with Crippen molar-refractivity contribution in [2.75, 3.05) is 13.1 Å². The molecular weight excluding hydrogens is 315 g/mol. The van der Waals surface area contributed by atoms with Crippen molar-refractivity contribution in [1.29, 1.82) is 0 Å². The van der Waals surface area contributed by atoms with Gasteiger partial charge in [0.1, 0.15) is 5.82 Å². The van der Waals surface area contributed by atoms with Crippen LogP contribution in [0.25, 0.3) is 0 Å². The summed E-state index contributed by atoms with van der Waals surface area (Å²) in [6.45, 7) is 3.94. The fraction of sp³-hybridized carbons (Fsp3) is 0.294. The van der Waals surface area contributed by atoms with E-state index < -0.39 is 0 Å². The van der Waals surface area contributed by atoms with Crippen molar-refractivity contribution in [2.45, 2.75) is 19.9 Å². The average Bonchev–Trinajstić information content (AvgIpc) is 2.55. The first-order valence-electron chi connectivity index (χ1n) is 7.55. The highest BCUT2D eigenvalue weighted by molar-refractivity contribution is 6.31. The fourth-order valence-corrected chi connectivity index (χ4v) is 2.30. The zero-order valence-electron chi connectivity index (χ0n) is 13.0. The van der Waals surface area contributed by atoms with E-state index in [4.69, 9.17) is 11.6 Å². The standard InChI is InChI=1S/C17H20ClFN4/c1-2-20-17(23-12-15-5-3-4-9-21-15)22-10-8-13-6-7-14(19)11-16(13)18/h3-7,9,11H,2,8,10,12H2,1H3,(H2,20,22,23). The van der Waals surface area contributed by atoms with E-state index in [-0.39, 0.29) is 5.82 Å². The third-order valence-corrected chi connectivity index (χ3v) is 3.52. The van der Waals surface area contributed by atoms with Crippen LogP contribution in [-0.2, 0) is 13.0 Å². The molecule has 0 aliphatic carbocycles. The van der Waals surface area contributed by atoms with Gasteiger partial charge in [0.2, 0.25) is 0 Å². The Morgan fingerprint density at radius 1 is 1.26 bits per heavy atom. The molecule has 2 N–H and O–H groups in total. The average molecular weight is 335 g/mol. The lowest BCUT2D eigenvalue weighted by atomic mass is 10.1. The van der Waals surface area contributed by atoms with Gasteiger partial charge in [-0.3, -0.25) is 4.98 Å². The maximum Gasteiger partial charge on any atom is 0.191 e. The lowest BCUT2D eigenvalue weighted by Crippen LogP contribution is -2.38. The number of hydrogen-bond donors (Lipinski definition) is 2. The molecule has 0 atom stereocenters. The fourth-order valence-electron chi connectivity index (χ4n) is 2.03. The third kappa shape index (κ3) is 5.87. The molecule has 6 heteroatoms. The second-order valence-corrected chi connectivity index (χ2v) is 5.34. The van der Waals surface area contributed by atoms with Gasteiger partial charge in [0.15, 0.2) is 5.96 Å². The number of pyridine rings is 1. The molecule has 1 heterocycles. The summed E-state index contributed by atoms with van der Waals surface area (Å²) in [5.41, 5.74) is 1.81. The molecule has 0 fully saturated rings. The van der Waals surface area contributed by atoms with Crippen LogP contribution in [0.5, 0.6) is 0 Å². The lowest BCUT2D eigenvalue weighted by Gasteiger charge is -2.11. The van der Waals surface area contributed by atoms with E-state index in [0.717, 1.165) is 23.8 Å². The number of nitrogens with zero attached hydrogens (tertiary/aromatic N) is 2. The molecule has 23 heavy (non-hydrogen) atoms. The molecule has 1 aromatic heterocycles. The first kappa shape index (κ1) is 17.2. The van der Waals surface area contributed by atoms with Crippen LogP contribution in [-0.4, -0.2) is 24.0 Å². The van der Waals surface area contributed by atoms with Gasteiger partial charge in [0, 0.05) is 24.3 Å². The number of halogens is 2. The summed E-state index contributed by atoms with van der Waals surface area (Å²) in [4.78, 5) is 8.73. The van der Waals surface area contributed by atoms with Crippen molar-refractivity contribution >= 4 is 17.6 Å². The topological polar surface area (TPSA) is 49.3 Å². The van der Waals surface area contributed by atoms with Crippen LogP contribution < -0.4 is 10.6 Å². The largest absolute Gasteiger partial charge is 0.357 e. The molecule has 122 valence electrons. The van der Waals surface area contributed by atoms with Crippen molar-refractivity contribution in [3.63, 3.8) is 0 Å². The van der Waals surface area contributed by atoms with Gasteiger partial charge >= 0.3 is 0 Å². The van der Waals surface area contributed by atoms with Crippen LogP contribution in [0.2, 0.25) is 5.02 Å². The van der Waals surface area contributed by atoms with E-state index in [0.29, 0.717) is 24.5 Å². The molecule has 0 saturated heterocycles. The van der Waals surface area contributed by atoms with Gasteiger partial charge in [0.05, 0.1) is 12.2 Å². The molecule has 0 radical (unpaired) electrons. The summed E-state index contributed by atoms with van der Waals surface area (Å²) in [6, 6.07) is 10.2. The summed E-state index contributed by atoms with van der Waals surface area (Å²) < 4.78 is 13.0. The van der Waals surface area contributed by atoms with Gasteiger partial charge < -0.3 is 10.6 Å². The number of rotatable bonds is 6. The molecule has 2 aromatic rings. The summed E-state index contributed by atoms with van der Waals surface area (Å²) in [6.07, 6.45) is 2.44. The molecule has 1 aromatic carbocycles. The van der Waals surface area contributed by atoms with E-state index in [1.54, 1.807) is 12.3 Å². The summed E-state index contributed by atoms with van der Waals surface area (Å²) in [5, 5.41) is 6.87. The Balaban J connectivity index is 1.89. The Hall–Kier alpha value is -2.14. The molecular formula is C17H20ClFN4. The Morgan fingerprint density at radius 3 is 2.83 bits per heavy atom. The van der Waals surface area contributed by atoms with E-state index in [1.807, 2.05) is 25.1 Å². The molecule has 0 saturated carbocycles. The minimum atomic E-state index is -0.322. The minimum Gasteiger partial charge on any atom is -0.357 e. The van der Waals surface area contributed by atoms with Gasteiger partial charge in [-0.2, -0.15) is 0 Å². The number of aromatic nitrogens is 1. The monoisotopic (exact) mass is 334 g/mol. The number of benzene rings is 1. The van der Waals surface area contributed by atoms with Crippen LogP contribution >= 0.6 is 11.6 Å². The normalized spacial score (nSPS) is 11.3. The van der Waals surface area contributed by atoms with Gasteiger partial charge in [-0.15, -0.1) is 0 Å². The molecule has 4 nitrogen and oxygen atoms in total. The Labute approximate surface area is 140 Å². The van der Waals surface area contributed by atoms with Gasteiger partial charge in [-0.25, -0.2) is 9.38 Å². The highest BCUT2D eigenvalue weighted by atomic mass is 35.5. The predicted molar refractivity (Wildman–Crippen MR) is 92.2 cm³/mol. The molecule has 0 aliphatic rings. The van der Waals surface area contributed by atoms with Crippen molar-refractivity contribution < 1.29 is 4.39 Å². The molecule has 0 unspecified atom stereocenters. The van der Waals surface area contributed by atoms with Crippen molar-refractivity contribution in [1.82, 2.24) is 15.6 Å². The van der Waals surface area contributed by atoms with Gasteiger partial charge in [-0.1, -0.05) is 23.7 Å². The molecule has 0 amide bonds. The Kier molecular flexibility index (Phi) is 6.81. The van der Waals surface area contributed by atoms with Crippen molar-refractivity contribution in [3.8, 4) is 0 Å². The maximum atomic E-state index is 13.0. The van der Waals surface area contributed by atoms with E-state index >= 15 is 0 Å². The Bertz CT molecular complexity index is 646. The van der Waals surface area contributed by atoms with E-state index in [9.17, 15) is 4.39 Å². The third-order valence-electron chi connectivity index (χ3n) is 3.17. The first-order valence-corrected chi connectivity index (χ1v) is 7.93. The summed E-state index contributed by atoms with van der Waals surface area (Å²) >= 11 is 6.03. The zero-order chi connectivity index (χ0) is 16.5. The number of nitrogens with one attached hydrogen (secondary N) is 2. The minimum absolute atomic E-state index is 0.322. The highest BCUT2D eigenvalue weighted by Gasteiger charge is 2.03. The highest BCUT2D eigenvalue weighted by Crippen LogP contribution is 2.17. The van der Waals surface area contributed by atoms with Crippen LogP contribution in [0.1, 0.15) is 18.2 Å². The zero-order valence-corrected chi connectivity index (χ0v) is 13.8. The SMILES string of the molecule is CCNC(=NCc1ccccn1)NCCc1ccc(F)cc1Cl. The van der Waals surface area contributed by atoms with Crippen molar-refractivity contribution in [2.24, 2.45) is 4.99 Å². The molecule has 2 rings (SSSR count). The second kappa shape index (κ2) is 9.10. The summed E-state index contributed by atoms with van der Waals surface area (Å²) in [5.74, 6) is 0.397. The van der Waals surface area contributed by atoms with Crippen LogP contribution in [0, 0.1) is 5.82 Å². The van der Waals surface area contributed by atoms with Gasteiger partial charge in [0.25, 0.3) is 0 Å². The Morgan fingerprint density at radius 2 is 2.13 bits per heavy atom. The second-order valence-electron chi connectivity index (χ2n) is 4.93. The molecule has 0 spiro atoms. The number of aliphatic imine (C=N–C) groups is 1. The number of hydrogen-bond acceptors (Lipinski definition) is 2. The lowest BCUT2D eigenvalue weighted by molar-refractivity contribution is 0.627. The molecule has 0 aliphatic heterocycles. The molecule has 0 bridgehead atoms. The van der Waals surface area contributed by atoms with E-state index in [2.05, 4.69) is 20.6 Å². The smallest absolute Gasteiger partial charge is 0.191 e. The maximum absolute atomic E-state index is 13.0. The first-order chi connectivity index (χ1) is 11.2. The van der Waals surface area contributed by atoms with Crippen LogP contribution in [0.3, 0.4) is 0 Å². The van der Waals surface area contributed by atoms with Crippen LogP contribution in [0.15, 0.2) is 47.6 Å². The predicted octanol–water partition coefficient (Wildman–Crippen LogP) is 3.17. The van der Waals surface area contributed by atoms with Crippen LogP contribution in [0.4, 0.5) is 4.39 Å². The number of guanidine groups is 1. The van der Waals surface area contributed by atoms with E-state index in [1.165, 1.54) is 12.1 Å². The quantitative estimate of drug-likeness (QED) is 0.630. The van der Waals surface area contributed by atoms with Crippen molar-refractivity contribution in [3.05, 3.63) is 64.7 Å². The van der Waals surface area contributed by atoms with Gasteiger partial charge in [-0.05, 0) is 43.2 Å². The summed E-state index contributed by atoms with van der Waals surface area (Å²) in [7, 11) is 0.